The van der Waals surface area contributed by atoms with E-state index < -0.39 is 9.84 Å². The number of sulfone groups is 1. The summed E-state index contributed by atoms with van der Waals surface area (Å²) < 4.78 is 24.0. The molecule has 2 aromatic rings. The third-order valence-corrected chi connectivity index (χ3v) is 5.90. The number of nitrogens with zero attached hydrogens (tertiary/aromatic N) is 1. The lowest BCUT2D eigenvalue weighted by Crippen LogP contribution is -2.18. The van der Waals surface area contributed by atoms with Gasteiger partial charge in [-0.1, -0.05) is 24.3 Å². The van der Waals surface area contributed by atoms with Crippen LogP contribution in [-0.2, 0) is 27.5 Å². The van der Waals surface area contributed by atoms with Crippen molar-refractivity contribution in [3.05, 3.63) is 59.2 Å². The van der Waals surface area contributed by atoms with Crippen molar-refractivity contribution in [2.75, 3.05) is 11.1 Å². The van der Waals surface area contributed by atoms with E-state index in [2.05, 4.69) is 5.32 Å². The first-order valence-corrected chi connectivity index (χ1v) is 9.28. The summed E-state index contributed by atoms with van der Waals surface area (Å²) in [6.07, 6.45) is 1.45. The Balaban J connectivity index is 1.77. The largest absolute Gasteiger partial charge is 0.325 e. The lowest BCUT2D eigenvalue weighted by molar-refractivity contribution is -0.115. The topological polar surface area (TPSA) is 87.0 Å². The zero-order chi connectivity index (χ0) is 17.2. The smallest absolute Gasteiger partial charge is 0.228 e. The Bertz CT molecular complexity index is 943. The van der Waals surface area contributed by atoms with Crippen LogP contribution >= 0.6 is 0 Å². The zero-order valence-electron chi connectivity index (χ0n) is 13.0. The van der Waals surface area contributed by atoms with Crippen LogP contribution in [0.25, 0.3) is 0 Å². The number of hydrogen-bond donors (Lipinski definition) is 1. The van der Waals surface area contributed by atoms with Gasteiger partial charge in [0.25, 0.3) is 0 Å². The first kappa shape index (κ1) is 16.2. The van der Waals surface area contributed by atoms with Crippen molar-refractivity contribution in [2.24, 2.45) is 0 Å². The van der Waals surface area contributed by atoms with Gasteiger partial charge in [-0.2, -0.15) is 5.26 Å². The van der Waals surface area contributed by atoms with Crippen molar-refractivity contribution >= 4 is 21.4 Å². The first-order valence-electron chi connectivity index (χ1n) is 7.63. The Morgan fingerprint density at radius 1 is 1.21 bits per heavy atom. The lowest BCUT2D eigenvalue weighted by Gasteiger charge is -2.17. The number of rotatable bonds is 3. The van der Waals surface area contributed by atoms with Crippen LogP contribution in [0.1, 0.15) is 23.1 Å². The number of nitriles is 1. The van der Waals surface area contributed by atoms with Gasteiger partial charge in [-0.3, -0.25) is 4.79 Å². The SMILES string of the molecule is N#Cc1ccccc1NC(=O)Cc1ccc2c(c1)CCCS2(=O)=O. The predicted molar refractivity (Wildman–Crippen MR) is 90.3 cm³/mol. The van der Waals surface area contributed by atoms with E-state index >= 15 is 0 Å². The van der Waals surface area contributed by atoms with Crippen molar-refractivity contribution in [1.82, 2.24) is 0 Å². The number of fused-ring (bicyclic) bond motifs is 1. The molecule has 0 aromatic heterocycles. The monoisotopic (exact) mass is 340 g/mol. The maximum Gasteiger partial charge on any atom is 0.228 e. The number of carbonyl (C=O) groups is 1. The molecule has 0 saturated heterocycles. The minimum Gasteiger partial charge on any atom is -0.325 e. The molecular weight excluding hydrogens is 324 g/mol. The Labute approximate surface area is 140 Å². The molecule has 3 rings (SSSR count). The molecule has 0 saturated carbocycles. The van der Waals surface area contributed by atoms with Gasteiger partial charge >= 0.3 is 0 Å². The van der Waals surface area contributed by atoms with Crippen molar-refractivity contribution in [1.29, 1.82) is 5.26 Å². The van der Waals surface area contributed by atoms with Crippen LogP contribution in [0.4, 0.5) is 5.69 Å². The van der Waals surface area contributed by atoms with Gasteiger partial charge in [0, 0.05) is 0 Å². The molecule has 24 heavy (non-hydrogen) atoms. The minimum absolute atomic E-state index is 0.132. The average Bonchev–Trinajstić information content (AvgIpc) is 2.54. The molecule has 0 bridgehead atoms. The predicted octanol–water partition coefficient (Wildman–Crippen LogP) is 2.46. The number of para-hydroxylation sites is 1. The summed E-state index contributed by atoms with van der Waals surface area (Å²) in [4.78, 5) is 12.6. The number of benzene rings is 2. The van der Waals surface area contributed by atoms with Gasteiger partial charge in [0.1, 0.15) is 6.07 Å². The second-order valence-electron chi connectivity index (χ2n) is 5.75. The Morgan fingerprint density at radius 2 is 2.00 bits per heavy atom. The number of amides is 1. The maximum absolute atomic E-state index is 12.2. The zero-order valence-corrected chi connectivity index (χ0v) is 13.8. The number of aryl methyl sites for hydroxylation is 1. The standard InChI is InChI=1S/C18H16N2O3S/c19-12-15-4-1-2-6-16(15)20-18(21)11-13-7-8-17-14(10-13)5-3-9-24(17,22)23/h1-2,4,6-8,10H,3,5,9,11H2,(H,20,21). The molecule has 122 valence electrons. The van der Waals surface area contributed by atoms with Crippen molar-refractivity contribution in [2.45, 2.75) is 24.2 Å². The minimum atomic E-state index is -3.18. The summed E-state index contributed by atoms with van der Waals surface area (Å²) >= 11 is 0. The third-order valence-electron chi connectivity index (χ3n) is 4.01. The van der Waals surface area contributed by atoms with Crippen LogP contribution in [0.15, 0.2) is 47.4 Å². The van der Waals surface area contributed by atoms with Gasteiger partial charge in [-0.25, -0.2) is 8.42 Å². The summed E-state index contributed by atoms with van der Waals surface area (Å²) in [7, 11) is -3.18. The molecule has 0 unspecified atom stereocenters. The fraction of sp³-hybridized carbons (Fsp3) is 0.222. The molecule has 1 amide bonds. The fourth-order valence-corrected chi connectivity index (χ4v) is 4.45. The molecule has 1 aliphatic heterocycles. The number of nitrogens with one attached hydrogen (secondary N) is 1. The quantitative estimate of drug-likeness (QED) is 0.930. The highest BCUT2D eigenvalue weighted by Gasteiger charge is 2.23. The molecule has 1 N–H and O–H groups in total. The highest BCUT2D eigenvalue weighted by Crippen LogP contribution is 2.26. The third kappa shape index (κ3) is 3.31. The molecular formula is C18H16N2O3S. The van der Waals surface area contributed by atoms with E-state index in [1.165, 1.54) is 0 Å². The van der Waals surface area contributed by atoms with E-state index in [1.54, 1.807) is 42.5 Å². The van der Waals surface area contributed by atoms with E-state index in [4.69, 9.17) is 5.26 Å². The molecule has 2 aromatic carbocycles. The van der Waals surface area contributed by atoms with Crippen molar-refractivity contribution < 1.29 is 13.2 Å². The summed E-state index contributed by atoms with van der Waals surface area (Å²) in [6.45, 7) is 0. The molecule has 0 aliphatic carbocycles. The van der Waals surface area contributed by atoms with Crippen LogP contribution in [0.5, 0.6) is 0 Å². The van der Waals surface area contributed by atoms with Gasteiger partial charge in [-0.05, 0) is 42.2 Å². The van der Waals surface area contributed by atoms with E-state index in [9.17, 15) is 13.2 Å². The molecule has 0 spiro atoms. The molecule has 6 heteroatoms. The average molecular weight is 340 g/mol. The van der Waals surface area contributed by atoms with E-state index in [-0.39, 0.29) is 18.1 Å². The van der Waals surface area contributed by atoms with Crippen LogP contribution in [0.2, 0.25) is 0 Å². The highest BCUT2D eigenvalue weighted by molar-refractivity contribution is 7.91. The number of carbonyl (C=O) groups excluding carboxylic acids is 1. The van der Waals surface area contributed by atoms with Crippen LogP contribution in [0.3, 0.4) is 0 Å². The van der Waals surface area contributed by atoms with E-state index in [1.807, 2.05) is 6.07 Å². The molecule has 5 nitrogen and oxygen atoms in total. The van der Waals surface area contributed by atoms with Gasteiger partial charge in [-0.15, -0.1) is 0 Å². The number of anilines is 1. The lowest BCUT2D eigenvalue weighted by atomic mass is 10.0. The molecule has 0 fully saturated rings. The highest BCUT2D eigenvalue weighted by atomic mass is 32.2. The first-order chi connectivity index (χ1) is 11.5. The Kier molecular flexibility index (Phi) is 4.36. The summed E-state index contributed by atoms with van der Waals surface area (Å²) in [5, 5.41) is 11.8. The van der Waals surface area contributed by atoms with Gasteiger partial charge in [0.05, 0.1) is 28.3 Å². The second-order valence-corrected chi connectivity index (χ2v) is 7.82. The van der Waals surface area contributed by atoms with Gasteiger partial charge in [0.15, 0.2) is 9.84 Å². The fourth-order valence-electron chi connectivity index (χ4n) is 2.87. The summed E-state index contributed by atoms with van der Waals surface area (Å²) in [5.41, 5.74) is 2.43. The normalized spacial score (nSPS) is 15.1. The molecule has 0 atom stereocenters. The van der Waals surface area contributed by atoms with E-state index in [0.29, 0.717) is 29.0 Å². The van der Waals surface area contributed by atoms with Crippen LogP contribution < -0.4 is 5.32 Å². The van der Waals surface area contributed by atoms with E-state index in [0.717, 1.165) is 11.1 Å². The molecule has 1 aliphatic rings. The molecule has 0 radical (unpaired) electrons. The Morgan fingerprint density at radius 3 is 2.79 bits per heavy atom. The van der Waals surface area contributed by atoms with Crippen molar-refractivity contribution in [3.63, 3.8) is 0 Å². The summed E-state index contributed by atoms with van der Waals surface area (Å²) in [5.74, 6) is -0.0542. The van der Waals surface area contributed by atoms with Crippen LogP contribution in [0, 0.1) is 11.3 Å². The summed E-state index contributed by atoms with van der Waals surface area (Å²) in [6, 6.07) is 13.9. The second kappa shape index (κ2) is 6.46. The molecule has 1 heterocycles. The van der Waals surface area contributed by atoms with Gasteiger partial charge in [0.2, 0.25) is 5.91 Å². The van der Waals surface area contributed by atoms with Crippen molar-refractivity contribution in [3.8, 4) is 6.07 Å². The number of hydrogen-bond acceptors (Lipinski definition) is 4. The van der Waals surface area contributed by atoms with Gasteiger partial charge < -0.3 is 5.32 Å². The Hall–Kier alpha value is -2.65. The van der Waals surface area contributed by atoms with Crippen LogP contribution in [-0.4, -0.2) is 20.1 Å². The maximum atomic E-state index is 12.2.